The molecule has 3 rings (SSSR count). The predicted molar refractivity (Wildman–Crippen MR) is 119 cm³/mol. The van der Waals surface area contributed by atoms with Crippen LogP contribution < -0.4 is 20.1 Å². The highest BCUT2D eigenvalue weighted by molar-refractivity contribution is 8.01. The number of benzene rings is 1. The van der Waals surface area contributed by atoms with E-state index in [-0.39, 0.29) is 17.7 Å². The molecular formula is C18H21N5O3S3. The van der Waals surface area contributed by atoms with Crippen molar-refractivity contribution in [3.05, 3.63) is 23.6 Å². The van der Waals surface area contributed by atoms with Crippen molar-refractivity contribution >= 4 is 50.6 Å². The highest BCUT2D eigenvalue weighted by atomic mass is 32.2. The lowest BCUT2D eigenvalue weighted by Gasteiger charge is -2.08. The van der Waals surface area contributed by atoms with Gasteiger partial charge in [0.05, 0.1) is 25.7 Å². The average Bonchev–Trinajstić information content (AvgIpc) is 3.34. The van der Waals surface area contributed by atoms with Crippen LogP contribution >= 0.6 is 34.4 Å². The van der Waals surface area contributed by atoms with Crippen LogP contribution in [0.5, 0.6) is 11.5 Å². The first-order chi connectivity index (χ1) is 14.0. The Bertz CT molecular complexity index is 973. The Morgan fingerprint density at radius 2 is 2.03 bits per heavy atom. The topological polar surface area (TPSA) is 98.3 Å². The Balaban J connectivity index is 1.58. The fourth-order valence-corrected chi connectivity index (χ4v) is 4.75. The maximum atomic E-state index is 12.3. The molecule has 29 heavy (non-hydrogen) atoms. The number of thioether (sulfide) groups is 1. The molecule has 0 saturated heterocycles. The summed E-state index contributed by atoms with van der Waals surface area (Å²) in [5, 5.41) is 17.3. The van der Waals surface area contributed by atoms with Gasteiger partial charge in [0.25, 0.3) is 0 Å². The molecule has 0 unspecified atom stereocenters. The summed E-state index contributed by atoms with van der Waals surface area (Å²) in [5.74, 6) is 1.45. The minimum atomic E-state index is -0.147. The summed E-state index contributed by atoms with van der Waals surface area (Å²) >= 11 is 4.14. The minimum Gasteiger partial charge on any atom is -0.497 e. The van der Waals surface area contributed by atoms with Gasteiger partial charge in [0.1, 0.15) is 11.5 Å². The molecule has 154 valence electrons. The van der Waals surface area contributed by atoms with Crippen molar-refractivity contribution in [3.63, 3.8) is 0 Å². The van der Waals surface area contributed by atoms with Crippen molar-refractivity contribution in [2.45, 2.75) is 24.2 Å². The number of hydrogen-bond donors (Lipinski definition) is 2. The van der Waals surface area contributed by atoms with Gasteiger partial charge in [0.15, 0.2) is 9.47 Å². The Kier molecular flexibility index (Phi) is 7.29. The Labute approximate surface area is 181 Å². The maximum Gasteiger partial charge on any atom is 0.236 e. The summed E-state index contributed by atoms with van der Waals surface area (Å²) < 4.78 is 11.4. The summed E-state index contributed by atoms with van der Waals surface area (Å²) in [6.45, 7) is 4.07. The number of anilines is 2. The molecule has 1 aromatic carbocycles. The average molecular weight is 452 g/mol. The largest absolute Gasteiger partial charge is 0.497 e. The molecule has 3 aromatic rings. The normalized spacial score (nSPS) is 10.8. The van der Waals surface area contributed by atoms with E-state index >= 15 is 0 Å². The second kappa shape index (κ2) is 9.90. The number of amides is 1. The Morgan fingerprint density at radius 3 is 2.76 bits per heavy atom. The number of rotatable bonds is 9. The second-order valence-corrected chi connectivity index (χ2v) is 9.17. The highest BCUT2D eigenvalue weighted by Crippen LogP contribution is 2.35. The lowest BCUT2D eigenvalue weighted by molar-refractivity contribution is -0.113. The Morgan fingerprint density at radius 1 is 1.21 bits per heavy atom. The molecule has 0 atom stereocenters. The van der Waals surface area contributed by atoms with Crippen LogP contribution in [-0.4, -0.2) is 47.1 Å². The van der Waals surface area contributed by atoms with Gasteiger partial charge < -0.3 is 20.1 Å². The van der Waals surface area contributed by atoms with Crippen molar-refractivity contribution in [1.82, 2.24) is 15.2 Å². The number of carbonyl (C=O) groups is 1. The highest BCUT2D eigenvalue weighted by Gasteiger charge is 2.14. The molecule has 0 spiro atoms. The summed E-state index contributed by atoms with van der Waals surface area (Å²) in [6, 6.07) is 5.81. The molecule has 8 nitrogen and oxygen atoms in total. The van der Waals surface area contributed by atoms with E-state index in [2.05, 4.69) is 25.8 Å². The van der Waals surface area contributed by atoms with Gasteiger partial charge in [0, 0.05) is 23.1 Å². The molecule has 0 radical (unpaired) electrons. The van der Waals surface area contributed by atoms with E-state index in [0.29, 0.717) is 16.6 Å². The van der Waals surface area contributed by atoms with E-state index in [9.17, 15) is 4.79 Å². The van der Waals surface area contributed by atoms with Gasteiger partial charge in [-0.05, 0) is 26.0 Å². The molecule has 0 aliphatic heterocycles. The van der Waals surface area contributed by atoms with Crippen LogP contribution in [0.25, 0.3) is 11.3 Å². The summed E-state index contributed by atoms with van der Waals surface area (Å²) in [5.41, 5.74) is 1.56. The van der Waals surface area contributed by atoms with Crippen LogP contribution in [0.1, 0.15) is 13.8 Å². The van der Waals surface area contributed by atoms with Crippen LogP contribution in [0.15, 0.2) is 27.9 Å². The number of nitrogens with one attached hydrogen (secondary N) is 2. The molecule has 0 bridgehead atoms. The van der Waals surface area contributed by atoms with Crippen LogP contribution in [0.3, 0.4) is 0 Å². The third-order valence-corrected chi connectivity index (χ3v) is 6.33. The fraction of sp³-hybridized carbons (Fsp3) is 0.333. The van der Waals surface area contributed by atoms with Gasteiger partial charge in [-0.25, -0.2) is 4.98 Å². The predicted octanol–water partition coefficient (Wildman–Crippen LogP) is 4.23. The molecule has 0 fully saturated rings. The Hall–Kier alpha value is -2.37. The number of nitrogens with zero attached hydrogens (tertiary/aromatic N) is 3. The number of ether oxygens (including phenoxy) is 2. The third kappa shape index (κ3) is 5.81. The van der Waals surface area contributed by atoms with Crippen molar-refractivity contribution in [2.75, 3.05) is 30.6 Å². The first-order valence-corrected chi connectivity index (χ1v) is 11.4. The summed E-state index contributed by atoms with van der Waals surface area (Å²) in [4.78, 5) is 16.8. The van der Waals surface area contributed by atoms with Gasteiger partial charge in [0.2, 0.25) is 11.0 Å². The van der Waals surface area contributed by atoms with Gasteiger partial charge >= 0.3 is 0 Å². The minimum absolute atomic E-state index is 0.147. The molecule has 0 aliphatic carbocycles. The molecule has 1 amide bonds. The zero-order valence-electron chi connectivity index (χ0n) is 16.4. The van der Waals surface area contributed by atoms with Crippen LogP contribution in [0.4, 0.5) is 10.3 Å². The SMILES string of the molecule is COc1ccc(-c2csc(NC(=O)CSc3nnc(NC(C)C)s3)n2)c(OC)c1. The van der Waals surface area contributed by atoms with E-state index in [1.165, 1.54) is 34.4 Å². The molecule has 2 aromatic heterocycles. The summed E-state index contributed by atoms with van der Waals surface area (Å²) in [6.07, 6.45) is 0. The van der Waals surface area contributed by atoms with Gasteiger partial charge in [-0.15, -0.1) is 21.5 Å². The van der Waals surface area contributed by atoms with E-state index in [4.69, 9.17) is 9.47 Å². The maximum absolute atomic E-state index is 12.3. The molecule has 0 aliphatic rings. The molecule has 2 heterocycles. The molecular weight excluding hydrogens is 430 g/mol. The monoisotopic (exact) mass is 451 g/mol. The zero-order chi connectivity index (χ0) is 20.8. The number of carbonyl (C=O) groups excluding carboxylic acids is 1. The third-order valence-electron chi connectivity index (χ3n) is 3.58. The van der Waals surface area contributed by atoms with Crippen molar-refractivity contribution in [2.24, 2.45) is 0 Å². The van der Waals surface area contributed by atoms with Crippen molar-refractivity contribution in [3.8, 4) is 22.8 Å². The fourth-order valence-electron chi connectivity index (χ4n) is 2.32. The molecule has 11 heteroatoms. The first kappa shape index (κ1) is 21.3. The van der Waals surface area contributed by atoms with E-state index in [1.807, 2.05) is 31.4 Å². The lowest BCUT2D eigenvalue weighted by Crippen LogP contribution is -2.13. The second-order valence-electron chi connectivity index (χ2n) is 6.11. The van der Waals surface area contributed by atoms with Gasteiger partial charge in [-0.2, -0.15) is 0 Å². The lowest BCUT2D eigenvalue weighted by atomic mass is 10.1. The summed E-state index contributed by atoms with van der Waals surface area (Å²) in [7, 11) is 3.20. The van der Waals surface area contributed by atoms with E-state index < -0.39 is 0 Å². The number of hydrogen-bond acceptors (Lipinski definition) is 10. The van der Waals surface area contributed by atoms with Crippen LogP contribution in [-0.2, 0) is 4.79 Å². The zero-order valence-corrected chi connectivity index (χ0v) is 18.8. The van der Waals surface area contributed by atoms with E-state index in [0.717, 1.165) is 20.7 Å². The molecule has 0 saturated carbocycles. The van der Waals surface area contributed by atoms with Crippen LogP contribution in [0.2, 0.25) is 0 Å². The standard InChI is InChI=1S/C18H21N5O3S3/c1-10(2)19-17-22-23-18(29-17)28-9-15(24)21-16-20-13(8-27-16)12-6-5-11(25-3)7-14(12)26-4/h5-8,10H,9H2,1-4H3,(H,19,22)(H,20,21,24). The quantitative estimate of drug-likeness (QED) is 0.467. The van der Waals surface area contributed by atoms with Crippen LogP contribution in [0, 0.1) is 0 Å². The smallest absolute Gasteiger partial charge is 0.236 e. The molecule has 2 N–H and O–H groups in total. The number of aromatic nitrogens is 3. The van der Waals surface area contributed by atoms with Crippen molar-refractivity contribution in [1.29, 1.82) is 0 Å². The first-order valence-electron chi connectivity index (χ1n) is 8.69. The van der Waals surface area contributed by atoms with E-state index in [1.54, 1.807) is 20.3 Å². The van der Waals surface area contributed by atoms with Gasteiger partial charge in [-0.3, -0.25) is 4.79 Å². The van der Waals surface area contributed by atoms with Gasteiger partial charge in [-0.1, -0.05) is 23.1 Å². The number of methoxy groups -OCH3 is 2. The number of thiazole rings is 1. The van der Waals surface area contributed by atoms with Crippen molar-refractivity contribution < 1.29 is 14.3 Å².